The normalized spacial score (nSPS) is 22.0. The molecule has 0 radical (unpaired) electrons. The SMILES string of the molecule is Cc1ccc(CNCC2(O)CCC(C)(C)CC2)o1. The van der Waals surface area contributed by atoms with Crippen molar-refractivity contribution in [3.8, 4) is 0 Å². The first-order valence-electron chi connectivity index (χ1n) is 6.87. The maximum atomic E-state index is 10.5. The summed E-state index contributed by atoms with van der Waals surface area (Å²) >= 11 is 0. The second-order valence-corrected chi connectivity index (χ2v) is 6.50. The summed E-state index contributed by atoms with van der Waals surface area (Å²) in [6.07, 6.45) is 3.99. The van der Waals surface area contributed by atoms with Crippen molar-refractivity contribution < 1.29 is 9.52 Å². The van der Waals surface area contributed by atoms with Crippen LogP contribution in [-0.2, 0) is 6.54 Å². The van der Waals surface area contributed by atoms with Crippen LogP contribution in [-0.4, -0.2) is 17.3 Å². The van der Waals surface area contributed by atoms with Crippen molar-refractivity contribution in [2.75, 3.05) is 6.54 Å². The van der Waals surface area contributed by atoms with Crippen molar-refractivity contribution in [3.63, 3.8) is 0 Å². The Morgan fingerprint density at radius 1 is 1.22 bits per heavy atom. The molecule has 0 unspecified atom stereocenters. The zero-order valence-electron chi connectivity index (χ0n) is 11.8. The van der Waals surface area contributed by atoms with Gasteiger partial charge in [-0.25, -0.2) is 0 Å². The molecule has 2 rings (SSSR count). The van der Waals surface area contributed by atoms with Crippen molar-refractivity contribution >= 4 is 0 Å². The zero-order valence-corrected chi connectivity index (χ0v) is 11.8. The lowest BCUT2D eigenvalue weighted by Crippen LogP contribution is -2.44. The minimum Gasteiger partial charge on any atom is -0.465 e. The van der Waals surface area contributed by atoms with E-state index in [1.165, 1.54) is 0 Å². The molecule has 18 heavy (non-hydrogen) atoms. The summed E-state index contributed by atoms with van der Waals surface area (Å²) < 4.78 is 5.49. The fourth-order valence-electron chi connectivity index (χ4n) is 2.57. The van der Waals surface area contributed by atoms with Crippen LogP contribution in [0.5, 0.6) is 0 Å². The summed E-state index contributed by atoms with van der Waals surface area (Å²) in [5.41, 5.74) is -0.137. The van der Waals surface area contributed by atoms with Crippen LogP contribution < -0.4 is 5.32 Å². The molecule has 2 N–H and O–H groups in total. The maximum absolute atomic E-state index is 10.5. The Balaban J connectivity index is 1.76. The van der Waals surface area contributed by atoms with Gasteiger partial charge in [-0.3, -0.25) is 0 Å². The number of rotatable bonds is 4. The van der Waals surface area contributed by atoms with Crippen LogP contribution in [0.15, 0.2) is 16.5 Å². The quantitative estimate of drug-likeness (QED) is 0.864. The Kier molecular flexibility index (Phi) is 3.83. The van der Waals surface area contributed by atoms with E-state index in [1.807, 2.05) is 19.1 Å². The monoisotopic (exact) mass is 251 g/mol. The highest BCUT2D eigenvalue weighted by Gasteiger charge is 2.36. The highest BCUT2D eigenvalue weighted by atomic mass is 16.3. The van der Waals surface area contributed by atoms with E-state index in [0.29, 0.717) is 18.5 Å². The molecular formula is C15H25NO2. The predicted octanol–water partition coefficient (Wildman–Crippen LogP) is 3.01. The Morgan fingerprint density at radius 3 is 2.44 bits per heavy atom. The Hall–Kier alpha value is -0.800. The minimum atomic E-state index is -0.531. The molecule has 1 heterocycles. The molecule has 0 saturated heterocycles. The summed E-state index contributed by atoms with van der Waals surface area (Å²) in [7, 11) is 0. The number of furan rings is 1. The van der Waals surface area contributed by atoms with Gasteiger partial charge >= 0.3 is 0 Å². The van der Waals surface area contributed by atoms with Crippen LogP contribution in [0.1, 0.15) is 51.1 Å². The molecule has 1 aliphatic rings. The number of aliphatic hydroxyl groups is 1. The number of hydrogen-bond acceptors (Lipinski definition) is 3. The molecule has 1 fully saturated rings. The van der Waals surface area contributed by atoms with E-state index >= 15 is 0 Å². The third kappa shape index (κ3) is 3.59. The van der Waals surface area contributed by atoms with Gasteiger partial charge < -0.3 is 14.8 Å². The van der Waals surface area contributed by atoms with Gasteiger partial charge in [-0.2, -0.15) is 0 Å². The largest absolute Gasteiger partial charge is 0.465 e. The third-order valence-electron chi connectivity index (χ3n) is 4.08. The Bertz CT molecular complexity index is 385. The van der Waals surface area contributed by atoms with Crippen LogP contribution in [0.25, 0.3) is 0 Å². The van der Waals surface area contributed by atoms with E-state index in [0.717, 1.165) is 37.2 Å². The van der Waals surface area contributed by atoms with Gasteiger partial charge in [0.15, 0.2) is 0 Å². The van der Waals surface area contributed by atoms with E-state index < -0.39 is 5.60 Å². The number of aryl methyl sites for hydroxylation is 1. The van der Waals surface area contributed by atoms with Crippen LogP contribution in [0, 0.1) is 12.3 Å². The third-order valence-corrected chi connectivity index (χ3v) is 4.08. The van der Waals surface area contributed by atoms with Gasteiger partial charge in [0.2, 0.25) is 0 Å². The summed E-state index contributed by atoms with van der Waals surface area (Å²) in [5.74, 6) is 1.87. The van der Waals surface area contributed by atoms with Gasteiger partial charge in [0.05, 0.1) is 12.1 Å². The van der Waals surface area contributed by atoms with Crippen LogP contribution in [0.3, 0.4) is 0 Å². The predicted molar refractivity (Wildman–Crippen MR) is 72.4 cm³/mol. The molecule has 1 aliphatic carbocycles. The second kappa shape index (κ2) is 5.06. The zero-order chi connectivity index (χ0) is 13.2. The topological polar surface area (TPSA) is 45.4 Å². The number of nitrogens with one attached hydrogen (secondary N) is 1. The molecular weight excluding hydrogens is 226 g/mol. The first-order valence-corrected chi connectivity index (χ1v) is 6.87. The Morgan fingerprint density at radius 2 is 1.89 bits per heavy atom. The lowest BCUT2D eigenvalue weighted by molar-refractivity contribution is -0.0247. The molecule has 0 amide bonds. The first kappa shape index (κ1) is 13.6. The molecule has 1 aromatic heterocycles. The second-order valence-electron chi connectivity index (χ2n) is 6.50. The van der Waals surface area contributed by atoms with Crippen LogP contribution in [0.2, 0.25) is 0 Å². The highest BCUT2D eigenvalue weighted by molar-refractivity contribution is 5.05. The van der Waals surface area contributed by atoms with Crippen molar-refractivity contribution in [2.45, 2.75) is 58.6 Å². The van der Waals surface area contributed by atoms with E-state index in [-0.39, 0.29) is 0 Å². The van der Waals surface area contributed by atoms with Crippen LogP contribution >= 0.6 is 0 Å². The average molecular weight is 251 g/mol. The molecule has 0 bridgehead atoms. The minimum absolute atomic E-state index is 0.393. The molecule has 1 saturated carbocycles. The standard InChI is InChI=1S/C15H25NO2/c1-12-4-5-13(18-12)10-16-11-15(17)8-6-14(2,3)7-9-15/h4-5,16-17H,6-11H2,1-3H3. The van der Waals surface area contributed by atoms with Crippen molar-refractivity contribution in [1.29, 1.82) is 0 Å². The molecule has 0 spiro atoms. The molecule has 3 heteroatoms. The van der Waals surface area contributed by atoms with Crippen molar-refractivity contribution in [1.82, 2.24) is 5.32 Å². The fourth-order valence-corrected chi connectivity index (χ4v) is 2.57. The van der Waals surface area contributed by atoms with Crippen LogP contribution in [0.4, 0.5) is 0 Å². The molecule has 3 nitrogen and oxygen atoms in total. The van der Waals surface area contributed by atoms with Gasteiger partial charge in [0.25, 0.3) is 0 Å². The van der Waals surface area contributed by atoms with Gasteiger partial charge in [-0.05, 0) is 50.2 Å². The molecule has 1 aromatic rings. The number of hydrogen-bond donors (Lipinski definition) is 2. The first-order chi connectivity index (χ1) is 8.39. The smallest absolute Gasteiger partial charge is 0.117 e. The lowest BCUT2D eigenvalue weighted by Gasteiger charge is -2.40. The molecule has 0 aromatic carbocycles. The summed E-state index contributed by atoms with van der Waals surface area (Å²) in [5, 5.41) is 13.8. The van der Waals surface area contributed by atoms with E-state index in [9.17, 15) is 5.11 Å². The van der Waals surface area contributed by atoms with Gasteiger partial charge in [-0.1, -0.05) is 13.8 Å². The van der Waals surface area contributed by atoms with Gasteiger partial charge in [0, 0.05) is 6.54 Å². The molecule has 0 aliphatic heterocycles. The van der Waals surface area contributed by atoms with Gasteiger partial charge in [0.1, 0.15) is 11.5 Å². The average Bonchev–Trinajstić information content (AvgIpc) is 2.70. The highest BCUT2D eigenvalue weighted by Crippen LogP contribution is 2.39. The lowest BCUT2D eigenvalue weighted by atomic mass is 9.71. The Labute approximate surface area is 110 Å². The fraction of sp³-hybridized carbons (Fsp3) is 0.733. The summed E-state index contributed by atoms with van der Waals surface area (Å²) in [4.78, 5) is 0. The van der Waals surface area contributed by atoms with Gasteiger partial charge in [-0.15, -0.1) is 0 Å². The maximum Gasteiger partial charge on any atom is 0.117 e. The summed E-state index contributed by atoms with van der Waals surface area (Å²) in [6.45, 7) is 7.86. The van der Waals surface area contributed by atoms with Crippen molar-refractivity contribution in [2.24, 2.45) is 5.41 Å². The van der Waals surface area contributed by atoms with E-state index in [1.54, 1.807) is 0 Å². The van der Waals surface area contributed by atoms with E-state index in [4.69, 9.17) is 4.42 Å². The molecule has 102 valence electrons. The van der Waals surface area contributed by atoms with Crippen molar-refractivity contribution in [3.05, 3.63) is 23.7 Å². The summed E-state index contributed by atoms with van der Waals surface area (Å²) in [6, 6.07) is 3.95. The molecule has 0 atom stereocenters. The van der Waals surface area contributed by atoms with E-state index in [2.05, 4.69) is 19.2 Å².